The fourth-order valence-corrected chi connectivity index (χ4v) is 0.140. The zero-order valence-electron chi connectivity index (χ0n) is 3.89. The SMILES string of the molecule is C=C/N=C(/F)C=C. The Balaban J connectivity index is 3.72. The largest absolute Gasteiger partial charge is 0.229 e. The van der Waals surface area contributed by atoms with Crippen LogP contribution in [0.4, 0.5) is 4.39 Å². The molecule has 1 nitrogen and oxygen atoms in total. The first kappa shape index (κ1) is 6.08. The molecule has 0 radical (unpaired) electrons. The molecule has 0 aromatic rings. The highest BCUT2D eigenvalue weighted by atomic mass is 19.1. The van der Waals surface area contributed by atoms with E-state index in [0.717, 1.165) is 12.3 Å². The Bertz CT molecular complexity index is 105. The second kappa shape index (κ2) is 3.28. The van der Waals surface area contributed by atoms with Gasteiger partial charge in [0.2, 0.25) is 5.97 Å². The molecule has 0 saturated carbocycles. The number of hydrogen-bond acceptors (Lipinski definition) is 1. The maximum Gasteiger partial charge on any atom is 0.212 e. The summed E-state index contributed by atoms with van der Waals surface area (Å²) in [6.07, 6.45) is 2.14. The highest BCUT2D eigenvalue weighted by molar-refractivity contribution is 5.86. The van der Waals surface area contributed by atoms with Crippen molar-refractivity contribution in [2.75, 3.05) is 0 Å². The summed E-state index contributed by atoms with van der Waals surface area (Å²) >= 11 is 0. The maximum atomic E-state index is 11.7. The smallest absolute Gasteiger partial charge is 0.212 e. The van der Waals surface area contributed by atoms with Crippen LogP contribution in [0.2, 0.25) is 0 Å². The van der Waals surface area contributed by atoms with Gasteiger partial charge in [-0.2, -0.15) is 4.39 Å². The van der Waals surface area contributed by atoms with Crippen LogP contribution in [0, 0.1) is 0 Å². The molecule has 7 heavy (non-hydrogen) atoms. The third-order valence-corrected chi connectivity index (χ3v) is 0.383. The van der Waals surface area contributed by atoms with Crippen molar-refractivity contribution < 1.29 is 4.39 Å². The standard InChI is InChI=1S/C5H6FN/c1-3-5(6)7-4-2/h3-4H,1-2H2/b7-5+. The molecule has 38 valence electrons. The Morgan fingerprint density at radius 1 is 1.57 bits per heavy atom. The minimum absolute atomic E-state index is 0.602. The van der Waals surface area contributed by atoms with E-state index in [4.69, 9.17) is 0 Å². The zero-order valence-corrected chi connectivity index (χ0v) is 3.89. The van der Waals surface area contributed by atoms with Crippen LogP contribution in [0.25, 0.3) is 0 Å². The molecule has 0 fully saturated rings. The summed E-state index contributed by atoms with van der Waals surface area (Å²) in [5.41, 5.74) is 0. The molecule has 0 N–H and O–H groups in total. The second-order valence-electron chi connectivity index (χ2n) is 0.839. The maximum absolute atomic E-state index is 11.7. The number of allylic oxidation sites excluding steroid dienone is 1. The van der Waals surface area contributed by atoms with E-state index >= 15 is 0 Å². The van der Waals surface area contributed by atoms with E-state index in [-0.39, 0.29) is 0 Å². The normalized spacial score (nSPS) is 10.7. The zero-order chi connectivity index (χ0) is 5.70. The van der Waals surface area contributed by atoms with E-state index < -0.39 is 5.97 Å². The van der Waals surface area contributed by atoms with Gasteiger partial charge in [0.15, 0.2) is 0 Å². The molecule has 0 amide bonds. The van der Waals surface area contributed by atoms with E-state index in [2.05, 4.69) is 18.2 Å². The number of hydrogen-bond donors (Lipinski definition) is 0. The van der Waals surface area contributed by atoms with Gasteiger partial charge in [-0.1, -0.05) is 13.2 Å². The van der Waals surface area contributed by atoms with Gasteiger partial charge in [-0.05, 0) is 6.08 Å². The van der Waals surface area contributed by atoms with Crippen molar-refractivity contribution >= 4 is 5.97 Å². The summed E-state index contributed by atoms with van der Waals surface area (Å²) in [5.74, 6) is -0.602. The monoisotopic (exact) mass is 99.0 g/mol. The van der Waals surface area contributed by atoms with Gasteiger partial charge in [0.05, 0.1) is 0 Å². The van der Waals surface area contributed by atoms with Crippen molar-refractivity contribution in [1.82, 2.24) is 0 Å². The summed E-state index contributed by atoms with van der Waals surface area (Å²) in [6.45, 7) is 6.30. The van der Waals surface area contributed by atoms with Crippen LogP contribution in [-0.4, -0.2) is 5.97 Å². The topological polar surface area (TPSA) is 12.4 Å². The summed E-state index contributed by atoms with van der Waals surface area (Å²) in [7, 11) is 0. The predicted molar refractivity (Wildman–Crippen MR) is 28.9 cm³/mol. The molecule has 0 spiro atoms. The molecule has 0 bridgehead atoms. The van der Waals surface area contributed by atoms with Gasteiger partial charge in [0, 0.05) is 6.20 Å². The van der Waals surface area contributed by atoms with E-state index in [1.54, 1.807) is 0 Å². The van der Waals surface area contributed by atoms with Crippen molar-refractivity contribution in [3.05, 3.63) is 25.4 Å². The van der Waals surface area contributed by atoms with Gasteiger partial charge in [-0.25, -0.2) is 4.99 Å². The van der Waals surface area contributed by atoms with E-state index in [0.29, 0.717) is 0 Å². The third-order valence-electron chi connectivity index (χ3n) is 0.383. The quantitative estimate of drug-likeness (QED) is 0.467. The second-order valence-corrected chi connectivity index (χ2v) is 0.839. The summed E-state index contributed by atoms with van der Waals surface area (Å²) in [6, 6.07) is 0. The van der Waals surface area contributed by atoms with Crippen molar-refractivity contribution in [1.29, 1.82) is 0 Å². The molecule has 2 heteroatoms. The molecular formula is C5H6FN. The molecule has 0 aromatic carbocycles. The van der Waals surface area contributed by atoms with Gasteiger partial charge in [-0.3, -0.25) is 0 Å². The fraction of sp³-hybridized carbons (Fsp3) is 0. The number of rotatable bonds is 2. The van der Waals surface area contributed by atoms with Crippen LogP contribution in [0.5, 0.6) is 0 Å². The summed E-state index contributed by atoms with van der Waals surface area (Å²) in [4.78, 5) is 3.14. The average Bonchev–Trinajstić information content (AvgIpc) is 1.68. The van der Waals surface area contributed by atoms with Crippen molar-refractivity contribution in [3.63, 3.8) is 0 Å². The van der Waals surface area contributed by atoms with Gasteiger partial charge in [0.25, 0.3) is 0 Å². The lowest BCUT2D eigenvalue weighted by molar-refractivity contribution is 0.813. The van der Waals surface area contributed by atoms with E-state index in [9.17, 15) is 4.39 Å². The van der Waals surface area contributed by atoms with Crippen LogP contribution in [0.15, 0.2) is 30.4 Å². The summed E-state index contributed by atoms with van der Waals surface area (Å²) < 4.78 is 11.7. The average molecular weight is 99.1 g/mol. The van der Waals surface area contributed by atoms with Crippen LogP contribution in [0.3, 0.4) is 0 Å². The molecule has 0 aliphatic rings. The first-order valence-corrected chi connectivity index (χ1v) is 1.78. The molecule has 0 rings (SSSR count). The van der Waals surface area contributed by atoms with Crippen LogP contribution < -0.4 is 0 Å². The molecule has 0 aliphatic heterocycles. The highest BCUT2D eigenvalue weighted by Gasteiger charge is 1.77. The summed E-state index contributed by atoms with van der Waals surface area (Å²) in [5, 5.41) is 0. The van der Waals surface area contributed by atoms with E-state index in [1.165, 1.54) is 0 Å². The Morgan fingerprint density at radius 2 is 2.14 bits per heavy atom. The lowest BCUT2D eigenvalue weighted by Crippen LogP contribution is -1.74. The van der Waals surface area contributed by atoms with Gasteiger partial charge < -0.3 is 0 Å². The lowest BCUT2D eigenvalue weighted by Gasteiger charge is -1.74. The Kier molecular flexibility index (Phi) is 2.85. The number of aliphatic imine (C=N–C) groups is 1. The first-order chi connectivity index (χ1) is 3.31. The van der Waals surface area contributed by atoms with Crippen LogP contribution in [-0.2, 0) is 0 Å². The molecule has 0 atom stereocenters. The Hall–Kier alpha value is -0.920. The van der Waals surface area contributed by atoms with Crippen molar-refractivity contribution in [2.24, 2.45) is 4.99 Å². The molecule has 0 heterocycles. The first-order valence-electron chi connectivity index (χ1n) is 1.78. The van der Waals surface area contributed by atoms with Crippen molar-refractivity contribution in [3.8, 4) is 0 Å². The van der Waals surface area contributed by atoms with Gasteiger partial charge >= 0.3 is 0 Å². The van der Waals surface area contributed by atoms with Crippen LogP contribution in [0.1, 0.15) is 0 Å². The van der Waals surface area contributed by atoms with E-state index in [1.807, 2.05) is 0 Å². The number of halogens is 1. The Labute approximate surface area is 41.9 Å². The fourth-order valence-electron chi connectivity index (χ4n) is 0.140. The Morgan fingerprint density at radius 3 is 2.29 bits per heavy atom. The highest BCUT2D eigenvalue weighted by Crippen LogP contribution is 1.79. The van der Waals surface area contributed by atoms with Gasteiger partial charge in [0.1, 0.15) is 0 Å². The molecular weight excluding hydrogens is 93.1 g/mol. The predicted octanol–water partition coefficient (Wildman–Crippen LogP) is 1.68. The molecule has 0 aromatic heterocycles. The molecule has 0 saturated heterocycles. The third kappa shape index (κ3) is 2.89. The number of nitrogens with zero attached hydrogens (tertiary/aromatic N) is 1. The van der Waals surface area contributed by atoms with Gasteiger partial charge in [-0.15, -0.1) is 0 Å². The van der Waals surface area contributed by atoms with Crippen molar-refractivity contribution in [2.45, 2.75) is 0 Å². The van der Waals surface area contributed by atoms with Crippen LogP contribution >= 0.6 is 0 Å². The minimum atomic E-state index is -0.602. The molecule has 0 aliphatic carbocycles. The minimum Gasteiger partial charge on any atom is -0.229 e. The molecule has 0 unspecified atom stereocenters. The lowest BCUT2D eigenvalue weighted by atomic mass is 10.7.